The lowest BCUT2D eigenvalue weighted by atomic mass is 10.1. The summed E-state index contributed by atoms with van der Waals surface area (Å²) in [4.78, 5) is 28.2. The Morgan fingerprint density at radius 3 is 2.29 bits per heavy atom. The number of sulfonamides is 1. The fourth-order valence-corrected chi connectivity index (χ4v) is 4.66. The van der Waals surface area contributed by atoms with E-state index in [4.69, 9.17) is 4.74 Å². The van der Waals surface area contributed by atoms with E-state index in [-0.39, 0.29) is 18.5 Å². The first kappa shape index (κ1) is 28.6. The smallest absolute Gasteiger partial charge is 0.244 e. The van der Waals surface area contributed by atoms with Crippen molar-refractivity contribution in [3.63, 3.8) is 0 Å². The third-order valence-corrected chi connectivity index (χ3v) is 7.34. The Labute approximate surface area is 216 Å². The van der Waals surface area contributed by atoms with Gasteiger partial charge in [0.15, 0.2) is 0 Å². The number of benzene rings is 2. The Balaban J connectivity index is 2.44. The van der Waals surface area contributed by atoms with Crippen LogP contribution in [0.5, 0.6) is 5.75 Å². The van der Waals surface area contributed by atoms with Gasteiger partial charge in [-0.15, -0.1) is 0 Å². The van der Waals surface area contributed by atoms with Gasteiger partial charge in [-0.05, 0) is 61.7 Å². The summed E-state index contributed by atoms with van der Waals surface area (Å²) in [5.74, 6) is -0.125. The summed E-state index contributed by atoms with van der Waals surface area (Å²) in [6, 6.07) is 13.1. The molecule has 0 radical (unpaired) electrons. The van der Waals surface area contributed by atoms with Gasteiger partial charge in [-0.2, -0.15) is 0 Å². The molecule has 0 aliphatic rings. The zero-order valence-electron chi connectivity index (χ0n) is 20.8. The number of carbonyl (C=O) groups is 2. The maximum atomic E-state index is 13.7. The van der Waals surface area contributed by atoms with Gasteiger partial charge in [0.1, 0.15) is 18.3 Å². The van der Waals surface area contributed by atoms with Crippen molar-refractivity contribution in [2.75, 3.05) is 24.2 Å². The van der Waals surface area contributed by atoms with Crippen molar-refractivity contribution in [3.8, 4) is 5.75 Å². The second-order valence-electron chi connectivity index (χ2n) is 8.36. The molecule has 10 heteroatoms. The van der Waals surface area contributed by atoms with E-state index in [2.05, 4.69) is 21.2 Å². The first-order chi connectivity index (χ1) is 16.5. The molecule has 2 atom stereocenters. The second kappa shape index (κ2) is 12.9. The molecule has 35 heavy (non-hydrogen) atoms. The number of methoxy groups -OCH3 is 1. The van der Waals surface area contributed by atoms with E-state index in [0.29, 0.717) is 17.9 Å². The molecule has 0 spiro atoms. The minimum Gasteiger partial charge on any atom is -0.497 e. The number of nitrogens with one attached hydrogen (secondary N) is 1. The van der Waals surface area contributed by atoms with Gasteiger partial charge in [0.25, 0.3) is 0 Å². The van der Waals surface area contributed by atoms with E-state index in [9.17, 15) is 18.0 Å². The molecule has 192 valence electrons. The Hall–Kier alpha value is -2.59. The average Bonchev–Trinajstić information content (AvgIpc) is 2.82. The largest absolute Gasteiger partial charge is 0.497 e. The Kier molecular flexibility index (Phi) is 10.6. The molecule has 0 fully saturated rings. The first-order valence-corrected chi connectivity index (χ1v) is 14.1. The zero-order valence-corrected chi connectivity index (χ0v) is 23.2. The maximum Gasteiger partial charge on any atom is 0.244 e. The van der Waals surface area contributed by atoms with E-state index in [0.717, 1.165) is 27.0 Å². The molecule has 0 unspecified atom stereocenters. The van der Waals surface area contributed by atoms with Gasteiger partial charge >= 0.3 is 0 Å². The Bertz CT molecular complexity index is 1110. The second-order valence-corrected chi connectivity index (χ2v) is 11.2. The van der Waals surface area contributed by atoms with Gasteiger partial charge < -0.3 is 15.0 Å². The number of rotatable bonds is 12. The van der Waals surface area contributed by atoms with Crippen molar-refractivity contribution >= 4 is 43.5 Å². The molecule has 0 aliphatic heterocycles. The van der Waals surface area contributed by atoms with E-state index < -0.39 is 28.5 Å². The van der Waals surface area contributed by atoms with E-state index in [1.54, 1.807) is 43.5 Å². The van der Waals surface area contributed by atoms with Crippen molar-refractivity contribution in [1.82, 2.24) is 10.2 Å². The quantitative estimate of drug-likeness (QED) is 0.419. The third kappa shape index (κ3) is 8.24. The van der Waals surface area contributed by atoms with Crippen molar-refractivity contribution in [3.05, 3.63) is 58.6 Å². The number of hydrogen-bond acceptors (Lipinski definition) is 5. The molecule has 0 heterocycles. The van der Waals surface area contributed by atoms with Gasteiger partial charge in [0.2, 0.25) is 21.8 Å². The summed E-state index contributed by atoms with van der Waals surface area (Å²) in [5.41, 5.74) is 1.13. The lowest BCUT2D eigenvalue weighted by Crippen LogP contribution is -2.53. The number of amides is 2. The number of ether oxygens (including phenoxy) is 1. The summed E-state index contributed by atoms with van der Waals surface area (Å²) in [6.45, 7) is 5.39. The molecule has 2 aromatic carbocycles. The Morgan fingerprint density at radius 1 is 1.09 bits per heavy atom. The standard InChI is InChI=1S/C25H34BrN3O5S/c1-6-18(3)27-25(31)23(7-2)28(16-19-9-8-10-22(15-19)34-4)24(30)17-29(35(5,32)33)21-13-11-20(26)12-14-21/h8-15,18,23H,6-7,16-17H2,1-5H3,(H,27,31)/t18-,23-/m0/s1. The van der Waals surface area contributed by atoms with Crippen LogP contribution in [-0.2, 0) is 26.2 Å². The zero-order chi connectivity index (χ0) is 26.2. The molecule has 0 aliphatic carbocycles. The number of carbonyl (C=O) groups excluding carboxylic acids is 2. The first-order valence-electron chi connectivity index (χ1n) is 11.5. The fraction of sp³-hybridized carbons (Fsp3) is 0.440. The van der Waals surface area contributed by atoms with Gasteiger partial charge in [0, 0.05) is 17.1 Å². The highest BCUT2D eigenvalue weighted by atomic mass is 79.9. The van der Waals surface area contributed by atoms with Crippen molar-refractivity contribution in [2.24, 2.45) is 0 Å². The Morgan fingerprint density at radius 2 is 1.74 bits per heavy atom. The number of anilines is 1. The highest BCUT2D eigenvalue weighted by molar-refractivity contribution is 9.10. The molecule has 2 amide bonds. The molecule has 2 aromatic rings. The van der Waals surface area contributed by atoms with Gasteiger partial charge in [-0.25, -0.2) is 8.42 Å². The van der Waals surface area contributed by atoms with Crippen LogP contribution in [0.3, 0.4) is 0 Å². The van der Waals surface area contributed by atoms with Crippen LogP contribution in [0.15, 0.2) is 53.0 Å². The van der Waals surface area contributed by atoms with Crippen molar-refractivity contribution < 1.29 is 22.7 Å². The van der Waals surface area contributed by atoms with Crippen molar-refractivity contribution in [1.29, 1.82) is 0 Å². The maximum absolute atomic E-state index is 13.7. The van der Waals surface area contributed by atoms with Crippen LogP contribution in [0.2, 0.25) is 0 Å². The molecular weight excluding hydrogens is 534 g/mol. The predicted molar refractivity (Wildman–Crippen MR) is 142 cm³/mol. The molecule has 8 nitrogen and oxygen atoms in total. The molecular formula is C25H34BrN3O5S. The van der Waals surface area contributed by atoms with E-state index in [1.807, 2.05) is 32.9 Å². The fourth-order valence-electron chi connectivity index (χ4n) is 3.55. The van der Waals surface area contributed by atoms with E-state index in [1.165, 1.54) is 4.90 Å². The highest BCUT2D eigenvalue weighted by Crippen LogP contribution is 2.23. The molecule has 0 bridgehead atoms. The third-order valence-electron chi connectivity index (χ3n) is 5.67. The lowest BCUT2D eigenvalue weighted by Gasteiger charge is -2.33. The molecule has 1 N–H and O–H groups in total. The van der Waals surface area contributed by atoms with Gasteiger partial charge in [-0.1, -0.05) is 41.9 Å². The normalized spacial score (nSPS) is 13.0. The molecule has 0 saturated carbocycles. The van der Waals surface area contributed by atoms with Crippen LogP contribution in [-0.4, -0.2) is 57.1 Å². The van der Waals surface area contributed by atoms with E-state index >= 15 is 0 Å². The molecule has 2 rings (SSSR count). The lowest BCUT2D eigenvalue weighted by molar-refractivity contribution is -0.140. The number of halogens is 1. The summed E-state index contributed by atoms with van der Waals surface area (Å²) in [7, 11) is -2.21. The van der Waals surface area contributed by atoms with Crippen LogP contribution in [0.25, 0.3) is 0 Å². The van der Waals surface area contributed by atoms with Gasteiger partial charge in [-0.3, -0.25) is 13.9 Å². The van der Waals surface area contributed by atoms with Crippen LogP contribution in [0, 0.1) is 0 Å². The van der Waals surface area contributed by atoms with Crippen LogP contribution in [0.1, 0.15) is 39.2 Å². The minimum atomic E-state index is -3.77. The average molecular weight is 569 g/mol. The predicted octanol–water partition coefficient (Wildman–Crippen LogP) is 3.95. The molecule has 0 aromatic heterocycles. The molecule has 0 saturated heterocycles. The number of nitrogens with zero attached hydrogens (tertiary/aromatic N) is 2. The van der Waals surface area contributed by atoms with Crippen LogP contribution < -0.4 is 14.4 Å². The van der Waals surface area contributed by atoms with Gasteiger partial charge in [0.05, 0.1) is 19.1 Å². The summed E-state index contributed by atoms with van der Waals surface area (Å²) in [6.07, 6.45) is 2.17. The monoisotopic (exact) mass is 567 g/mol. The van der Waals surface area contributed by atoms with Crippen LogP contribution >= 0.6 is 15.9 Å². The van der Waals surface area contributed by atoms with Crippen molar-refractivity contribution in [2.45, 2.75) is 52.2 Å². The van der Waals surface area contributed by atoms with Crippen LogP contribution in [0.4, 0.5) is 5.69 Å². The SMILES string of the molecule is CC[C@H](C)NC(=O)[C@H](CC)N(Cc1cccc(OC)c1)C(=O)CN(c1ccc(Br)cc1)S(C)(=O)=O. The summed E-state index contributed by atoms with van der Waals surface area (Å²) in [5, 5.41) is 2.95. The minimum absolute atomic E-state index is 0.0550. The number of hydrogen-bond donors (Lipinski definition) is 1. The highest BCUT2D eigenvalue weighted by Gasteiger charge is 2.32. The summed E-state index contributed by atoms with van der Waals surface area (Å²) < 4.78 is 32.4. The summed E-state index contributed by atoms with van der Waals surface area (Å²) >= 11 is 3.34. The topological polar surface area (TPSA) is 96.0 Å².